The Morgan fingerprint density at radius 2 is 2.25 bits per heavy atom. The summed E-state index contributed by atoms with van der Waals surface area (Å²) < 4.78 is 5.11. The van der Waals surface area contributed by atoms with Crippen LogP contribution >= 0.6 is 0 Å². The fraction of sp³-hybridized carbons (Fsp3) is 0.667. The molecule has 16 heavy (non-hydrogen) atoms. The predicted octanol–water partition coefficient (Wildman–Crippen LogP) is 2.25. The van der Waals surface area contributed by atoms with Gasteiger partial charge in [-0.15, -0.1) is 0 Å². The molecule has 1 fully saturated rings. The van der Waals surface area contributed by atoms with Gasteiger partial charge in [-0.3, -0.25) is 0 Å². The summed E-state index contributed by atoms with van der Waals surface area (Å²) in [5, 5.41) is 3.28. The number of nitrogens with zero attached hydrogens (tertiary/aromatic N) is 2. The van der Waals surface area contributed by atoms with Gasteiger partial charge >= 0.3 is 0 Å². The van der Waals surface area contributed by atoms with Gasteiger partial charge in [0.1, 0.15) is 0 Å². The van der Waals surface area contributed by atoms with Gasteiger partial charge in [0.25, 0.3) is 0 Å². The van der Waals surface area contributed by atoms with Crippen LogP contribution in [-0.4, -0.2) is 23.6 Å². The number of ether oxygens (including phenoxy) is 1. The average Bonchev–Trinajstić information content (AvgIpc) is 3.08. The lowest BCUT2D eigenvalue weighted by Crippen LogP contribution is -2.15. The van der Waals surface area contributed by atoms with Gasteiger partial charge in [-0.2, -0.15) is 4.98 Å². The maximum Gasteiger partial charge on any atom is 0.226 e. The average molecular weight is 221 g/mol. The van der Waals surface area contributed by atoms with Crippen LogP contribution in [0.1, 0.15) is 25.5 Å². The number of rotatable bonds is 5. The number of aryl methyl sites for hydroxylation is 1. The van der Waals surface area contributed by atoms with E-state index in [1.165, 1.54) is 12.8 Å². The second-order valence-electron chi connectivity index (χ2n) is 4.57. The van der Waals surface area contributed by atoms with E-state index in [1.54, 1.807) is 7.11 Å². The Hall–Kier alpha value is -1.32. The van der Waals surface area contributed by atoms with Gasteiger partial charge in [0.15, 0.2) is 0 Å². The molecule has 4 nitrogen and oxygen atoms in total. The first-order valence-electron chi connectivity index (χ1n) is 5.82. The smallest absolute Gasteiger partial charge is 0.226 e. The van der Waals surface area contributed by atoms with Gasteiger partial charge in [0.05, 0.1) is 7.11 Å². The van der Waals surface area contributed by atoms with Gasteiger partial charge in [-0.25, -0.2) is 4.98 Å². The van der Waals surface area contributed by atoms with Crippen LogP contribution in [0, 0.1) is 18.8 Å². The fourth-order valence-electron chi connectivity index (χ4n) is 1.81. The minimum Gasteiger partial charge on any atom is -0.481 e. The van der Waals surface area contributed by atoms with Crippen molar-refractivity contribution >= 4 is 5.95 Å². The van der Waals surface area contributed by atoms with Gasteiger partial charge in [0, 0.05) is 18.3 Å². The first-order chi connectivity index (χ1) is 7.69. The van der Waals surface area contributed by atoms with Crippen molar-refractivity contribution in [3.8, 4) is 5.88 Å². The Morgan fingerprint density at radius 3 is 2.88 bits per heavy atom. The van der Waals surface area contributed by atoms with E-state index in [9.17, 15) is 0 Å². The van der Waals surface area contributed by atoms with E-state index in [2.05, 4.69) is 22.2 Å². The predicted molar refractivity (Wildman–Crippen MR) is 63.7 cm³/mol. The largest absolute Gasteiger partial charge is 0.481 e. The quantitative estimate of drug-likeness (QED) is 0.828. The highest BCUT2D eigenvalue weighted by Crippen LogP contribution is 2.36. The molecular formula is C12H19N3O. The van der Waals surface area contributed by atoms with Crippen LogP contribution in [0.5, 0.6) is 5.88 Å². The van der Waals surface area contributed by atoms with Crippen molar-refractivity contribution in [3.63, 3.8) is 0 Å². The Labute approximate surface area is 96.4 Å². The summed E-state index contributed by atoms with van der Waals surface area (Å²) in [6.45, 7) is 5.16. The zero-order chi connectivity index (χ0) is 11.5. The molecule has 1 aromatic rings. The maximum atomic E-state index is 5.11. The second-order valence-corrected chi connectivity index (χ2v) is 4.57. The maximum absolute atomic E-state index is 5.11. The third kappa shape index (κ3) is 2.84. The zero-order valence-electron chi connectivity index (χ0n) is 10.2. The van der Waals surface area contributed by atoms with E-state index in [0.29, 0.717) is 17.7 Å². The molecule has 0 spiro atoms. The van der Waals surface area contributed by atoms with E-state index in [-0.39, 0.29) is 0 Å². The lowest BCUT2D eigenvalue weighted by Gasteiger charge is -2.12. The Balaban J connectivity index is 1.94. The summed E-state index contributed by atoms with van der Waals surface area (Å²) in [5.74, 6) is 2.90. The van der Waals surface area contributed by atoms with Crippen LogP contribution in [0.25, 0.3) is 0 Å². The van der Waals surface area contributed by atoms with E-state index in [4.69, 9.17) is 4.74 Å². The molecule has 0 radical (unpaired) electrons. The van der Waals surface area contributed by atoms with Crippen molar-refractivity contribution in [2.24, 2.45) is 11.8 Å². The summed E-state index contributed by atoms with van der Waals surface area (Å²) >= 11 is 0. The van der Waals surface area contributed by atoms with Crippen molar-refractivity contribution in [1.29, 1.82) is 0 Å². The Kier molecular flexibility index (Phi) is 3.27. The van der Waals surface area contributed by atoms with Gasteiger partial charge in [-0.05, 0) is 31.6 Å². The first kappa shape index (κ1) is 11.2. The monoisotopic (exact) mass is 221 g/mol. The second kappa shape index (κ2) is 4.68. The molecule has 1 saturated carbocycles. The highest BCUT2D eigenvalue weighted by atomic mass is 16.5. The van der Waals surface area contributed by atoms with Gasteiger partial charge in [-0.1, -0.05) is 6.92 Å². The third-order valence-electron chi connectivity index (χ3n) is 3.05. The highest BCUT2D eigenvalue weighted by molar-refractivity contribution is 5.30. The molecule has 0 aromatic carbocycles. The molecule has 1 aromatic heterocycles. The molecule has 1 aliphatic rings. The highest BCUT2D eigenvalue weighted by Gasteiger charge is 2.27. The van der Waals surface area contributed by atoms with Crippen LogP contribution in [0.4, 0.5) is 5.95 Å². The number of methoxy groups -OCH3 is 1. The molecular weight excluding hydrogens is 202 g/mol. The molecule has 1 unspecified atom stereocenters. The SMILES string of the molecule is COc1cc(C)nc(NCC(C)C2CC2)n1. The number of hydrogen-bond acceptors (Lipinski definition) is 4. The zero-order valence-corrected chi connectivity index (χ0v) is 10.2. The first-order valence-corrected chi connectivity index (χ1v) is 5.82. The van der Waals surface area contributed by atoms with Crippen LogP contribution in [-0.2, 0) is 0 Å². The van der Waals surface area contributed by atoms with Crippen molar-refractivity contribution in [2.75, 3.05) is 19.0 Å². The van der Waals surface area contributed by atoms with Crippen LogP contribution in [0.2, 0.25) is 0 Å². The molecule has 1 aliphatic carbocycles. The van der Waals surface area contributed by atoms with E-state index in [1.807, 2.05) is 13.0 Å². The molecule has 1 heterocycles. The summed E-state index contributed by atoms with van der Waals surface area (Å²) in [6, 6.07) is 1.83. The van der Waals surface area contributed by atoms with E-state index >= 15 is 0 Å². The van der Waals surface area contributed by atoms with Crippen molar-refractivity contribution in [2.45, 2.75) is 26.7 Å². The summed E-state index contributed by atoms with van der Waals surface area (Å²) in [6.07, 6.45) is 2.75. The Morgan fingerprint density at radius 1 is 1.50 bits per heavy atom. The standard InChI is InChI=1S/C12H19N3O/c1-8(10-4-5-10)7-13-12-14-9(2)6-11(15-12)16-3/h6,8,10H,4-5,7H2,1-3H3,(H,13,14,15). The summed E-state index contributed by atoms with van der Waals surface area (Å²) in [5.41, 5.74) is 0.924. The normalized spacial score (nSPS) is 16.9. The van der Waals surface area contributed by atoms with Gasteiger partial charge < -0.3 is 10.1 Å². The summed E-state index contributed by atoms with van der Waals surface area (Å²) in [4.78, 5) is 8.59. The summed E-state index contributed by atoms with van der Waals surface area (Å²) in [7, 11) is 1.62. The van der Waals surface area contributed by atoms with Gasteiger partial charge in [0.2, 0.25) is 11.8 Å². The molecule has 0 amide bonds. The molecule has 0 saturated heterocycles. The molecule has 2 rings (SSSR count). The Bertz CT molecular complexity index is 363. The molecule has 0 bridgehead atoms. The van der Waals surface area contributed by atoms with Crippen molar-refractivity contribution < 1.29 is 4.74 Å². The van der Waals surface area contributed by atoms with Crippen LogP contribution in [0.3, 0.4) is 0 Å². The lowest BCUT2D eigenvalue weighted by atomic mass is 10.1. The number of aromatic nitrogens is 2. The molecule has 88 valence electrons. The van der Waals surface area contributed by atoms with E-state index < -0.39 is 0 Å². The molecule has 1 atom stereocenters. The lowest BCUT2D eigenvalue weighted by molar-refractivity contribution is 0.396. The number of anilines is 1. The molecule has 1 N–H and O–H groups in total. The minimum absolute atomic E-state index is 0.620. The molecule has 4 heteroatoms. The number of hydrogen-bond donors (Lipinski definition) is 1. The third-order valence-corrected chi connectivity index (χ3v) is 3.05. The topological polar surface area (TPSA) is 47.0 Å². The van der Waals surface area contributed by atoms with Crippen LogP contribution in [0.15, 0.2) is 6.07 Å². The molecule has 0 aliphatic heterocycles. The van der Waals surface area contributed by atoms with Crippen molar-refractivity contribution in [1.82, 2.24) is 9.97 Å². The van der Waals surface area contributed by atoms with Crippen LogP contribution < -0.4 is 10.1 Å². The van der Waals surface area contributed by atoms with Crippen molar-refractivity contribution in [3.05, 3.63) is 11.8 Å². The number of nitrogens with one attached hydrogen (secondary N) is 1. The van der Waals surface area contributed by atoms with E-state index in [0.717, 1.165) is 18.2 Å². The fourth-order valence-corrected chi connectivity index (χ4v) is 1.81. The minimum atomic E-state index is 0.620.